The van der Waals surface area contributed by atoms with Gasteiger partial charge >= 0.3 is 0 Å². The lowest BCUT2D eigenvalue weighted by Gasteiger charge is -2.34. The van der Waals surface area contributed by atoms with Crippen LogP contribution in [0.5, 0.6) is 0 Å². The Kier molecular flexibility index (Phi) is 7.05. The summed E-state index contributed by atoms with van der Waals surface area (Å²) in [6.07, 6.45) is 6.46. The fourth-order valence-corrected chi connectivity index (χ4v) is 2.93. The van der Waals surface area contributed by atoms with Gasteiger partial charge in [0.1, 0.15) is 6.04 Å². The third kappa shape index (κ3) is 5.58. The number of carbonyl (C=O) groups excluding carboxylic acids is 2. The summed E-state index contributed by atoms with van der Waals surface area (Å²) in [5.41, 5.74) is 1.37. The van der Waals surface area contributed by atoms with Crippen LogP contribution < -0.4 is 5.32 Å². The largest absolute Gasteiger partial charge is 0.374 e. The van der Waals surface area contributed by atoms with Gasteiger partial charge in [-0.1, -0.05) is 0 Å². The molecule has 0 spiro atoms. The van der Waals surface area contributed by atoms with Crippen LogP contribution in [0.1, 0.15) is 15.9 Å². The van der Waals surface area contributed by atoms with Crippen LogP contribution in [-0.4, -0.2) is 77.5 Å². The first-order chi connectivity index (χ1) is 13.6. The zero-order valence-corrected chi connectivity index (χ0v) is 16.0. The van der Waals surface area contributed by atoms with Crippen LogP contribution in [0.15, 0.2) is 49.1 Å². The maximum absolute atomic E-state index is 13.0. The van der Waals surface area contributed by atoms with E-state index in [0.29, 0.717) is 25.3 Å². The SMILES string of the molecule is CN1CCN(C(=O)[C@@H](COCc2ccncc2)NC(=O)c2cccnc2)CC1. The first-order valence-electron chi connectivity index (χ1n) is 9.28. The van der Waals surface area contributed by atoms with E-state index in [1.807, 2.05) is 19.2 Å². The van der Waals surface area contributed by atoms with E-state index >= 15 is 0 Å². The highest BCUT2D eigenvalue weighted by atomic mass is 16.5. The maximum Gasteiger partial charge on any atom is 0.253 e. The van der Waals surface area contributed by atoms with Crippen molar-refractivity contribution in [3.63, 3.8) is 0 Å². The minimum absolute atomic E-state index is 0.0967. The molecule has 1 N–H and O–H groups in total. The Hall–Kier alpha value is -2.84. The topological polar surface area (TPSA) is 87.7 Å². The fourth-order valence-electron chi connectivity index (χ4n) is 2.93. The van der Waals surface area contributed by atoms with Crippen molar-refractivity contribution in [3.05, 3.63) is 60.2 Å². The summed E-state index contributed by atoms with van der Waals surface area (Å²) in [6.45, 7) is 3.34. The number of hydrogen-bond donors (Lipinski definition) is 1. The first kappa shape index (κ1) is 19.9. The number of hydrogen-bond acceptors (Lipinski definition) is 6. The molecule has 3 rings (SSSR count). The smallest absolute Gasteiger partial charge is 0.253 e. The minimum atomic E-state index is -0.752. The van der Waals surface area contributed by atoms with Crippen LogP contribution in [0.4, 0.5) is 0 Å². The lowest BCUT2D eigenvalue weighted by atomic mass is 10.2. The molecule has 0 unspecified atom stereocenters. The molecule has 3 heterocycles. The number of ether oxygens (including phenoxy) is 1. The van der Waals surface area contributed by atoms with Crippen LogP contribution in [0.25, 0.3) is 0 Å². The molecule has 1 fully saturated rings. The van der Waals surface area contributed by atoms with Crippen LogP contribution >= 0.6 is 0 Å². The Morgan fingerprint density at radius 3 is 2.54 bits per heavy atom. The summed E-state index contributed by atoms with van der Waals surface area (Å²) in [5, 5.41) is 2.81. The molecule has 1 aliphatic rings. The van der Waals surface area contributed by atoms with Crippen LogP contribution in [0.3, 0.4) is 0 Å². The van der Waals surface area contributed by atoms with Gasteiger partial charge < -0.3 is 19.9 Å². The average molecular weight is 383 g/mol. The Morgan fingerprint density at radius 2 is 1.86 bits per heavy atom. The van der Waals surface area contributed by atoms with Gasteiger partial charge in [-0.2, -0.15) is 0 Å². The lowest BCUT2D eigenvalue weighted by molar-refractivity contribution is -0.136. The molecule has 2 amide bonds. The number of nitrogens with zero attached hydrogens (tertiary/aromatic N) is 4. The second-order valence-corrected chi connectivity index (χ2v) is 6.77. The third-order valence-electron chi connectivity index (χ3n) is 4.64. The number of rotatable bonds is 7. The molecule has 0 aliphatic carbocycles. The van der Waals surface area contributed by atoms with Crippen molar-refractivity contribution in [3.8, 4) is 0 Å². The fraction of sp³-hybridized carbons (Fsp3) is 0.400. The van der Waals surface area contributed by atoms with E-state index in [1.165, 1.54) is 6.20 Å². The average Bonchev–Trinajstić information content (AvgIpc) is 2.74. The Bertz CT molecular complexity index is 764. The third-order valence-corrected chi connectivity index (χ3v) is 4.64. The number of amides is 2. The highest BCUT2D eigenvalue weighted by Gasteiger charge is 2.28. The standard InChI is InChI=1S/C20H25N5O3/c1-24-9-11-25(12-10-24)20(27)18(15-28-14-16-4-7-21-8-5-16)23-19(26)17-3-2-6-22-13-17/h2-8,13,18H,9-12,14-15H2,1H3,(H,23,26)/t18-/m1/s1. The molecule has 148 valence electrons. The van der Waals surface area contributed by atoms with Crippen molar-refractivity contribution < 1.29 is 14.3 Å². The number of pyridine rings is 2. The van der Waals surface area contributed by atoms with E-state index in [-0.39, 0.29) is 18.4 Å². The highest BCUT2D eigenvalue weighted by Crippen LogP contribution is 2.06. The van der Waals surface area contributed by atoms with Crippen molar-refractivity contribution in [1.82, 2.24) is 25.1 Å². The summed E-state index contributed by atoms with van der Waals surface area (Å²) in [6, 6.07) is 6.30. The normalized spacial score (nSPS) is 15.8. The molecule has 0 saturated carbocycles. The molecule has 28 heavy (non-hydrogen) atoms. The molecule has 2 aromatic heterocycles. The van der Waals surface area contributed by atoms with Gasteiger partial charge in [0.2, 0.25) is 5.91 Å². The number of piperazine rings is 1. The van der Waals surface area contributed by atoms with Gasteiger partial charge in [0, 0.05) is 51.0 Å². The van der Waals surface area contributed by atoms with E-state index in [2.05, 4.69) is 20.2 Å². The van der Waals surface area contributed by atoms with Gasteiger partial charge in [0.05, 0.1) is 18.8 Å². The van der Waals surface area contributed by atoms with Crippen molar-refractivity contribution in [2.75, 3.05) is 39.8 Å². The molecule has 1 saturated heterocycles. The second kappa shape index (κ2) is 9.91. The Balaban J connectivity index is 1.64. The monoisotopic (exact) mass is 383 g/mol. The van der Waals surface area contributed by atoms with Gasteiger partial charge in [-0.15, -0.1) is 0 Å². The number of aromatic nitrogens is 2. The number of carbonyl (C=O) groups is 2. The van der Waals surface area contributed by atoms with E-state index in [0.717, 1.165) is 18.7 Å². The molecule has 2 aromatic rings. The minimum Gasteiger partial charge on any atom is -0.374 e. The zero-order chi connectivity index (χ0) is 19.8. The zero-order valence-electron chi connectivity index (χ0n) is 16.0. The lowest BCUT2D eigenvalue weighted by Crippen LogP contribution is -2.55. The van der Waals surface area contributed by atoms with Crippen LogP contribution in [0, 0.1) is 0 Å². The van der Waals surface area contributed by atoms with Gasteiger partial charge in [0.25, 0.3) is 5.91 Å². The summed E-state index contributed by atoms with van der Waals surface area (Å²) in [4.78, 5) is 37.4. The number of likely N-dealkylation sites (N-methyl/N-ethyl adjacent to an activating group) is 1. The molecule has 1 aliphatic heterocycles. The predicted molar refractivity (Wildman–Crippen MR) is 103 cm³/mol. The molecular formula is C20H25N5O3. The Labute approximate surface area is 164 Å². The van der Waals surface area contributed by atoms with Crippen molar-refractivity contribution in [1.29, 1.82) is 0 Å². The highest BCUT2D eigenvalue weighted by molar-refractivity contribution is 5.97. The molecule has 1 atom stereocenters. The Morgan fingerprint density at radius 1 is 1.11 bits per heavy atom. The van der Waals surface area contributed by atoms with Gasteiger partial charge in [-0.25, -0.2) is 0 Å². The maximum atomic E-state index is 13.0. The molecule has 0 radical (unpaired) electrons. The molecule has 8 heteroatoms. The first-order valence-corrected chi connectivity index (χ1v) is 9.28. The van der Waals surface area contributed by atoms with Gasteiger partial charge in [0.15, 0.2) is 0 Å². The van der Waals surface area contributed by atoms with Crippen molar-refractivity contribution in [2.24, 2.45) is 0 Å². The van der Waals surface area contributed by atoms with E-state index in [9.17, 15) is 9.59 Å². The van der Waals surface area contributed by atoms with Crippen molar-refractivity contribution in [2.45, 2.75) is 12.6 Å². The summed E-state index contributed by atoms with van der Waals surface area (Å²) < 4.78 is 5.74. The number of nitrogens with one attached hydrogen (secondary N) is 1. The van der Waals surface area contributed by atoms with Crippen LogP contribution in [-0.2, 0) is 16.1 Å². The molecular weight excluding hydrogens is 358 g/mol. The summed E-state index contributed by atoms with van der Waals surface area (Å²) in [7, 11) is 2.03. The summed E-state index contributed by atoms with van der Waals surface area (Å²) >= 11 is 0. The summed E-state index contributed by atoms with van der Waals surface area (Å²) in [5.74, 6) is -0.465. The van der Waals surface area contributed by atoms with Gasteiger partial charge in [-0.3, -0.25) is 19.6 Å². The molecule has 0 aromatic carbocycles. The van der Waals surface area contributed by atoms with Gasteiger partial charge in [-0.05, 0) is 36.9 Å². The van der Waals surface area contributed by atoms with E-state index in [1.54, 1.807) is 35.6 Å². The predicted octanol–water partition coefficient (Wildman–Crippen LogP) is 0.566. The quantitative estimate of drug-likeness (QED) is 0.752. The molecule has 8 nitrogen and oxygen atoms in total. The van der Waals surface area contributed by atoms with Crippen molar-refractivity contribution >= 4 is 11.8 Å². The van der Waals surface area contributed by atoms with E-state index in [4.69, 9.17) is 4.74 Å². The molecule has 0 bridgehead atoms. The van der Waals surface area contributed by atoms with Crippen LogP contribution in [0.2, 0.25) is 0 Å². The van der Waals surface area contributed by atoms with E-state index < -0.39 is 6.04 Å². The second-order valence-electron chi connectivity index (χ2n) is 6.77.